The second kappa shape index (κ2) is 6.58. The van der Waals surface area contributed by atoms with Crippen LogP contribution in [-0.4, -0.2) is 5.91 Å². The lowest BCUT2D eigenvalue weighted by molar-refractivity contribution is -0.117. The Morgan fingerprint density at radius 1 is 1.20 bits per heavy atom. The van der Waals surface area contributed by atoms with E-state index < -0.39 is 0 Å². The molecule has 0 aromatic heterocycles. The lowest BCUT2D eigenvalue weighted by Crippen LogP contribution is -2.20. The number of carbonyl (C=O) groups excluding carboxylic acids is 1. The average Bonchev–Trinajstić information content (AvgIpc) is 2.44. The fourth-order valence-corrected chi connectivity index (χ4v) is 2.48. The molecule has 0 bridgehead atoms. The molecule has 0 saturated heterocycles. The Hall–Kier alpha value is -1.80. The van der Waals surface area contributed by atoms with Crippen LogP contribution < -0.4 is 5.32 Å². The van der Waals surface area contributed by atoms with Crippen LogP contribution in [0.2, 0.25) is 5.02 Å². The summed E-state index contributed by atoms with van der Waals surface area (Å²) in [6, 6.07) is 15.4. The predicted octanol–water partition coefficient (Wildman–Crippen LogP) is 4.78. The lowest BCUT2D eigenvalue weighted by atomic mass is 9.95. The van der Waals surface area contributed by atoms with Crippen molar-refractivity contribution in [3.05, 3.63) is 64.7 Å². The molecule has 1 N–H and O–H groups in total. The molecule has 20 heavy (non-hydrogen) atoms. The summed E-state index contributed by atoms with van der Waals surface area (Å²) in [6.07, 6.45) is 0.749. The Morgan fingerprint density at radius 3 is 2.50 bits per heavy atom. The maximum Gasteiger partial charge on any atom is 0.231 e. The van der Waals surface area contributed by atoms with E-state index in [4.69, 9.17) is 11.6 Å². The van der Waals surface area contributed by atoms with Crippen molar-refractivity contribution in [2.75, 3.05) is 5.32 Å². The Kier molecular flexibility index (Phi) is 4.80. The molecule has 1 unspecified atom stereocenters. The molecule has 0 saturated carbocycles. The molecular formula is C17H18ClNO. The number of hydrogen-bond acceptors (Lipinski definition) is 1. The lowest BCUT2D eigenvalue weighted by Gasteiger charge is -2.16. The molecule has 0 aliphatic heterocycles. The van der Waals surface area contributed by atoms with Gasteiger partial charge in [-0.15, -0.1) is 0 Å². The number of anilines is 1. The molecule has 2 rings (SSSR count). The van der Waals surface area contributed by atoms with Crippen LogP contribution in [0.3, 0.4) is 0 Å². The number of nitrogens with one attached hydrogen (secondary N) is 1. The molecule has 1 atom stereocenters. The minimum atomic E-state index is -0.159. The van der Waals surface area contributed by atoms with E-state index in [9.17, 15) is 4.79 Å². The van der Waals surface area contributed by atoms with Gasteiger partial charge in [0.1, 0.15) is 0 Å². The van der Waals surface area contributed by atoms with Gasteiger partial charge in [-0.1, -0.05) is 54.9 Å². The highest BCUT2D eigenvalue weighted by molar-refractivity contribution is 6.33. The maximum absolute atomic E-state index is 12.4. The van der Waals surface area contributed by atoms with E-state index in [2.05, 4.69) is 5.32 Å². The third-order valence-corrected chi connectivity index (χ3v) is 3.62. The second-order valence-corrected chi connectivity index (χ2v) is 5.25. The fraction of sp³-hybridized carbons (Fsp3) is 0.235. The van der Waals surface area contributed by atoms with Crippen LogP contribution in [0.15, 0.2) is 48.5 Å². The minimum absolute atomic E-state index is 0.0237. The summed E-state index contributed by atoms with van der Waals surface area (Å²) in [5.74, 6) is -0.182. The van der Waals surface area contributed by atoms with Crippen molar-refractivity contribution < 1.29 is 4.79 Å². The fourth-order valence-electron chi connectivity index (χ4n) is 2.20. The zero-order chi connectivity index (χ0) is 14.5. The first-order valence-electron chi connectivity index (χ1n) is 6.73. The number of rotatable bonds is 4. The molecule has 0 aliphatic carbocycles. The summed E-state index contributed by atoms with van der Waals surface area (Å²) in [6.45, 7) is 3.98. The minimum Gasteiger partial charge on any atom is -0.324 e. The smallest absolute Gasteiger partial charge is 0.231 e. The van der Waals surface area contributed by atoms with Gasteiger partial charge in [0.2, 0.25) is 5.91 Å². The summed E-state index contributed by atoms with van der Waals surface area (Å²) < 4.78 is 0. The number of amides is 1. The first-order valence-corrected chi connectivity index (χ1v) is 7.11. The highest BCUT2D eigenvalue weighted by Crippen LogP contribution is 2.26. The highest BCUT2D eigenvalue weighted by Gasteiger charge is 2.19. The van der Waals surface area contributed by atoms with Gasteiger partial charge >= 0.3 is 0 Å². The molecule has 0 heterocycles. The predicted molar refractivity (Wildman–Crippen MR) is 84.3 cm³/mol. The van der Waals surface area contributed by atoms with Crippen LogP contribution >= 0.6 is 11.6 Å². The zero-order valence-corrected chi connectivity index (χ0v) is 12.4. The molecule has 0 aliphatic rings. The van der Waals surface area contributed by atoms with E-state index in [-0.39, 0.29) is 11.8 Å². The Morgan fingerprint density at radius 2 is 1.90 bits per heavy atom. The normalized spacial score (nSPS) is 11.9. The zero-order valence-electron chi connectivity index (χ0n) is 11.7. The van der Waals surface area contributed by atoms with Gasteiger partial charge in [-0.25, -0.2) is 0 Å². The van der Waals surface area contributed by atoms with Crippen molar-refractivity contribution in [1.82, 2.24) is 0 Å². The van der Waals surface area contributed by atoms with E-state index in [0.29, 0.717) is 10.7 Å². The monoisotopic (exact) mass is 287 g/mol. The first-order chi connectivity index (χ1) is 9.61. The van der Waals surface area contributed by atoms with Crippen molar-refractivity contribution in [3.8, 4) is 0 Å². The van der Waals surface area contributed by atoms with Crippen molar-refractivity contribution in [3.63, 3.8) is 0 Å². The summed E-state index contributed by atoms with van der Waals surface area (Å²) in [7, 11) is 0. The molecule has 0 fully saturated rings. The highest BCUT2D eigenvalue weighted by atomic mass is 35.5. The van der Waals surface area contributed by atoms with Gasteiger partial charge in [0, 0.05) is 0 Å². The number of halogens is 1. The summed E-state index contributed by atoms with van der Waals surface area (Å²) in [5, 5.41) is 3.49. The molecule has 1 amide bonds. The second-order valence-electron chi connectivity index (χ2n) is 4.84. The third-order valence-electron chi connectivity index (χ3n) is 3.31. The number of benzene rings is 2. The average molecular weight is 288 g/mol. The standard InChI is InChI=1S/C17H18ClNO/c1-3-14(13-7-5-4-6-8-13)17(20)19-16-10-9-12(2)11-15(16)18/h4-11,14H,3H2,1-2H3,(H,19,20). The first kappa shape index (κ1) is 14.6. The molecule has 104 valence electrons. The van der Waals surface area contributed by atoms with Gasteiger partial charge in [-0.2, -0.15) is 0 Å². The van der Waals surface area contributed by atoms with Crippen LogP contribution in [0.4, 0.5) is 5.69 Å². The van der Waals surface area contributed by atoms with Gasteiger partial charge in [0.15, 0.2) is 0 Å². The summed E-state index contributed by atoms with van der Waals surface area (Å²) in [5.41, 5.74) is 2.76. The van der Waals surface area contributed by atoms with E-state index >= 15 is 0 Å². The topological polar surface area (TPSA) is 29.1 Å². The molecule has 0 radical (unpaired) electrons. The van der Waals surface area contributed by atoms with E-state index in [1.807, 2.05) is 62.4 Å². The van der Waals surface area contributed by atoms with Crippen molar-refractivity contribution in [1.29, 1.82) is 0 Å². The van der Waals surface area contributed by atoms with E-state index in [1.54, 1.807) is 0 Å². The van der Waals surface area contributed by atoms with Gasteiger partial charge < -0.3 is 5.32 Å². The SMILES string of the molecule is CCC(C(=O)Nc1ccc(C)cc1Cl)c1ccccc1. The number of carbonyl (C=O) groups is 1. The van der Waals surface area contributed by atoms with Crippen LogP contribution in [0, 0.1) is 6.92 Å². The molecular weight excluding hydrogens is 270 g/mol. The Labute approximate surface area is 124 Å². The molecule has 3 heteroatoms. The van der Waals surface area contributed by atoms with Gasteiger partial charge in [0.25, 0.3) is 0 Å². The van der Waals surface area contributed by atoms with Gasteiger partial charge in [-0.3, -0.25) is 4.79 Å². The molecule has 2 aromatic carbocycles. The molecule has 2 nitrogen and oxygen atoms in total. The number of aryl methyl sites for hydroxylation is 1. The maximum atomic E-state index is 12.4. The third kappa shape index (κ3) is 3.40. The van der Waals surface area contributed by atoms with Crippen LogP contribution in [0.5, 0.6) is 0 Å². The summed E-state index contributed by atoms with van der Waals surface area (Å²) in [4.78, 5) is 12.4. The Bertz CT molecular complexity index is 595. The van der Waals surface area contributed by atoms with Crippen molar-refractivity contribution >= 4 is 23.2 Å². The van der Waals surface area contributed by atoms with Gasteiger partial charge in [0.05, 0.1) is 16.6 Å². The molecule has 0 spiro atoms. The van der Waals surface area contributed by atoms with E-state index in [0.717, 1.165) is 17.5 Å². The van der Waals surface area contributed by atoms with E-state index in [1.165, 1.54) is 0 Å². The summed E-state index contributed by atoms with van der Waals surface area (Å²) >= 11 is 6.15. The quantitative estimate of drug-likeness (QED) is 0.861. The van der Waals surface area contributed by atoms with Crippen molar-refractivity contribution in [2.24, 2.45) is 0 Å². The van der Waals surface area contributed by atoms with Crippen LogP contribution in [-0.2, 0) is 4.79 Å². The molecule has 2 aromatic rings. The largest absolute Gasteiger partial charge is 0.324 e. The van der Waals surface area contributed by atoms with Crippen LogP contribution in [0.1, 0.15) is 30.4 Å². The Balaban J connectivity index is 2.18. The number of hydrogen-bond donors (Lipinski definition) is 1. The van der Waals surface area contributed by atoms with Gasteiger partial charge in [-0.05, 0) is 36.6 Å². The van der Waals surface area contributed by atoms with Crippen LogP contribution in [0.25, 0.3) is 0 Å². The van der Waals surface area contributed by atoms with Crippen molar-refractivity contribution in [2.45, 2.75) is 26.2 Å².